The van der Waals surface area contributed by atoms with Crippen molar-refractivity contribution in [3.63, 3.8) is 0 Å². The molecule has 2 rings (SSSR count). The number of nitrogens with zero attached hydrogens (tertiary/aromatic N) is 2. The molecule has 0 saturated carbocycles. The molecule has 0 fully saturated rings. The Balaban J connectivity index is 2.49. The highest BCUT2D eigenvalue weighted by Gasteiger charge is 2.32. The van der Waals surface area contributed by atoms with Gasteiger partial charge in [0, 0.05) is 19.2 Å². The molecule has 0 saturated heterocycles. The number of carbonyl (C=O) groups is 2. The number of nitrogens with one attached hydrogen (secondary N) is 1. The molecule has 2 aromatic carbocycles. The van der Waals surface area contributed by atoms with Gasteiger partial charge in [-0.3, -0.25) is 13.9 Å². The van der Waals surface area contributed by atoms with Crippen molar-refractivity contribution < 1.29 is 27.5 Å². The molecule has 0 bridgehead atoms. The van der Waals surface area contributed by atoms with E-state index in [-0.39, 0.29) is 24.1 Å². The van der Waals surface area contributed by atoms with Gasteiger partial charge in [0.05, 0.1) is 36.2 Å². The number of benzene rings is 2. The first kappa shape index (κ1) is 31.5. The first-order chi connectivity index (χ1) is 17.8. The van der Waals surface area contributed by atoms with Crippen LogP contribution in [0.3, 0.4) is 0 Å². The Morgan fingerprint density at radius 3 is 2.18 bits per heavy atom. The van der Waals surface area contributed by atoms with Crippen LogP contribution in [0.15, 0.2) is 36.4 Å². The van der Waals surface area contributed by atoms with Crippen LogP contribution < -0.4 is 19.1 Å². The van der Waals surface area contributed by atoms with E-state index in [1.54, 1.807) is 31.2 Å². The van der Waals surface area contributed by atoms with Gasteiger partial charge in [-0.25, -0.2) is 8.42 Å². The van der Waals surface area contributed by atoms with E-state index in [1.165, 1.54) is 31.3 Å². The van der Waals surface area contributed by atoms with E-state index in [0.717, 1.165) is 10.6 Å². The van der Waals surface area contributed by atoms with E-state index in [0.29, 0.717) is 40.1 Å². The molecule has 0 aliphatic heterocycles. The van der Waals surface area contributed by atoms with Gasteiger partial charge in [-0.1, -0.05) is 50.0 Å². The topological polar surface area (TPSA) is 105 Å². The lowest BCUT2D eigenvalue weighted by atomic mass is 10.1. The third kappa shape index (κ3) is 8.41. The summed E-state index contributed by atoms with van der Waals surface area (Å²) in [5.41, 5.74) is 0.852. The van der Waals surface area contributed by atoms with E-state index < -0.39 is 28.5 Å². The lowest BCUT2D eigenvalue weighted by Crippen LogP contribution is -2.52. The summed E-state index contributed by atoms with van der Waals surface area (Å²) in [6.07, 6.45) is 1.32. The van der Waals surface area contributed by atoms with Crippen molar-refractivity contribution in [3.05, 3.63) is 52.0 Å². The lowest BCUT2D eigenvalue weighted by Gasteiger charge is -2.33. The summed E-state index contributed by atoms with van der Waals surface area (Å²) in [6.45, 7) is 5.64. The molecule has 0 radical (unpaired) electrons. The SMILES string of the molecule is CCC(C(=O)NCC(C)C)N(Cc1ccc(Cl)c(Cl)c1)C(=O)CN(c1ccc(OC)c(OC)c1)S(C)(=O)=O. The number of carbonyl (C=O) groups excluding carboxylic acids is 2. The molecule has 0 aromatic heterocycles. The Morgan fingerprint density at radius 1 is 1.00 bits per heavy atom. The highest BCUT2D eigenvalue weighted by Crippen LogP contribution is 2.32. The maximum atomic E-state index is 13.8. The molecule has 12 heteroatoms. The molecule has 9 nitrogen and oxygen atoms in total. The predicted octanol–water partition coefficient (Wildman–Crippen LogP) is 4.36. The molecule has 38 heavy (non-hydrogen) atoms. The Hall–Kier alpha value is -2.69. The minimum atomic E-state index is -3.90. The molecule has 0 heterocycles. The quantitative estimate of drug-likeness (QED) is 0.373. The summed E-state index contributed by atoms with van der Waals surface area (Å²) in [7, 11) is -1.01. The van der Waals surface area contributed by atoms with E-state index in [9.17, 15) is 18.0 Å². The predicted molar refractivity (Wildman–Crippen MR) is 151 cm³/mol. The number of rotatable bonds is 13. The number of hydrogen-bond donors (Lipinski definition) is 1. The molecule has 210 valence electrons. The second kappa shape index (κ2) is 13.9. The molecular weight excluding hydrogens is 553 g/mol. The Morgan fingerprint density at radius 2 is 1.66 bits per heavy atom. The fraction of sp³-hybridized carbons (Fsp3) is 0.462. The monoisotopic (exact) mass is 587 g/mol. The number of hydrogen-bond acceptors (Lipinski definition) is 6. The molecule has 0 aliphatic rings. The zero-order valence-corrected chi connectivity index (χ0v) is 24.8. The summed E-state index contributed by atoms with van der Waals surface area (Å²) in [5.74, 6) is 0.0271. The second-order valence-corrected chi connectivity index (χ2v) is 11.9. The highest BCUT2D eigenvalue weighted by atomic mass is 35.5. The minimum absolute atomic E-state index is 0.0207. The van der Waals surface area contributed by atoms with Gasteiger partial charge in [0.1, 0.15) is 12.6 Å². The highest BCUT2D eigenvalue weighted by molar-refractivity contribution is 7.92. The van der Waals surface area contributed by atoms with Crippen LogP contribution >= 0.6 is 23.2 Å². The van der Waals surface area contributed by atoms with Crippen LogP contribution in [0.1, 0.15) is 32.8 Å². The third-order valence-corrected chi connectivity index (χ3v) is 7.62. The van der Waals surface area contributed by atoms with E-state index in [4.69, 9.17) is 32.7 Å². The minimum Gasteiger partial charge on any atom is -0.493 e. The summed E-state index contributed by atoms with van der Waals surface area (Å²) in [4.78, 5) is 28.3. The van der Waals surface area contributed by atoms with Gasteiger partial charge in [-0.15, -0.1) is 0 Å². The van der Waals surface area contributed by atoms with Crippen molar-refractivity contribution in [1.29, 1.82) is 0 Å². The number of halogens is 2. The van der Waals surface area contributed by atoms with Crippen molar-refractivity contribution in [2.45, 2.75) is 39.8 Å². The summed E-state index contributed by atoms with van der Waals surface area (Å²) < 4.78 is 37.1. The maximum Gasteiger partial charge on any atom is 0.244 e. The lowest BCUT2D eigenvalue weighted by molar-refractivity contribution is -0.140. The Bertz CT molecular complexity index is 1240. The van der Waals surface area contributed by atoms with Crippen LogP contribution in [0.25, 0.3) is 0 Å². The Kier molecular flexibility index (Phi) is 11.5. The molecule has 1 unspecified atom stereocenters. The average Bonchev–Trinajstić information content (AvgIpc) is 2.86. The summed E-state index contributed by atoms with van der Waals surface area (Å²) >= 11 is 12.2. The van der Waals surface area contributed by atoms with E-state index in [1.807, 2.05) is 13.8 Å². The van der Waals surface area contributed by atoms with Crippen molar-refractivity contribution in [1.82, 2.24) is 10.2 Å². The van der Waals surface area contributed by atoms with Crippen LogP contribution in [0.5, 0.6) is 11.5 Å². The van der Waals surface area contributed by atoms with Gasteiger partial charge in [0.2, 0.25) is 21.8 Å². The molecule has 1 N–H and O–H groups in total. The van der Waals surface area contributed by atoms with Crippen molar-refractivity contribution >= 4 is 50.7 Å². The average molecular weight is 589 g/mol. The largest absolute Gasteiger partial charge is 0.493 e. The zero-order valence-electron chi connectivity index (χ0n) is 22.5. The van der Waals surface area contributed by atoms with Crippen molar-refractivity contribution in [3.8, 4) is 11.5 Å². The number of sulfonamides is 1. The van der Waals surface area contributed by atoms with E-state index in [2.05, 4.69) is 5.32 Å². The molecule has 1 atom stereocenters. The van der Waals surface area contributed by atoms with Crippen LogP contribution in [0, 0.1) is 5.92 Å². The fourth-order valence-corrected chi connectivity index (χ4v) is 4.93. The van der Waals surface area contributed by atoms with Crippen molar-refractivity contribution in [2.75, 3.05) is 37.9 Å². The molecular formula is C26H35Cl2N3O6S. The molecule has 2 amide bonds. The number of ether oxygens (including phenoxy) is 2. The van der Waals surface area contributed by atoms with Crippen LogP contribution in [0.4, 0.5) is 5.69 Å². The second-order valence-electron chi connectivity index (χ2n) is 9.14. The molecule has 0 spiro atoms. The fourth-order valence-electron chi connectivity index (χ4n) is 3.77. The normalized spacial score (nSPS) is 12.1. The zero-order chi connectivity index (χ0) is 28.6. The summed E-state index contributed by atoms with van der Waals surface area (Å²) in [5, 5.41) is 3.53. The van der Waals surface area contributed by atoms with Crippen molar-refractivity contribution in [2.24, 2.45) is 5.92 Å². The van der Waals surface area contributed by atoms with Gasteiger partial charge < -0.3 is 19.7 Å². The van der Waals surface area contributed by atoms with E-state index >= 15 is 0 Å². The molecule has 2 aromatic rings. The third-order valence-electron chi connectivity index (χ3n) is 5.74. The van der Waals surface area contributed by atoms with Gasteiger partial charge in [0.25, 0.3) is 0 Å². The first-order valence-corrected chi connectivity index (χ1v) is 14.6. The van der Waals surface area contributed by atoms with Crippen LogP contribution in [0.2, 0.25) is 10.0 Å². The number of anilines is 1. The standard InChI is InChI=1S/C26H35Cl2N3O6S/c1-7-22(26(33)29-14-17(2)3)30(15-18-8-10-20(27)21(28)12-18)25(32)16-31(38(6,34)35)19-9-11-23(36-4)24(13-19)37-5/h8-13,17,22H,7,14-16H2,1-6H3,(H,29,33). The van der Waals surface area contributed by atoms with Gasteiger partial charge >= 0.3 is 0 Å². The smallest absolute Gasteiger partial charge is 0.244 e. The van der Waals surface area contributed by atoms with Gasteiger partial charge in [0.15, 0.2) is 11.5 Å². The first-order valence-electron chi connectivity index (χ1n) is 12.0. The number of amides is 2. The van der Waals surface area contributed by atoms with Gasteiger partial charge in [-0.2, -0.15) is 0 Å². The van der Waals surface area contributed by atoms with Gasteiger partial charge in [-0.05, 0) is 42.2 Å². The van der Waals surface area contributed by atoms with Crippen LogP contribution in [-0.4, -0.2) is 64.7 Å². The Labute approximate surface area is 235 Å². The number of methoxy groups -OCH3 is 2. The summed E-state index contributed by atoms with van der Waals surface area (Å²) in [6, 6.07) is 8.63. The molecule has 0 aliphatic carbocycles. The van der Waals surface area contributed by atoms with Crippen LogP contribution in [-0.2, 0) is 26.2 Å². The maximum absolute atomic E-state index is 13.8.